The average molecular weight is 228 g/mol. The van der Waals surface area contributed by atoms with Gasteiger partial charge in [-0.1, -0.05) is 0 Å². The third kappa shape index (κ3) is 3.95. The van der Waals surface area contributed by atoms with E-state index in [0.717, 1.165) is 0 Å². The van der Waals surface area contributed by atoms with E-state index in [1.54, 1.807) is 6.92 Å². The van der Waals surface area contributed by atoms with Crippen molar-refractivity contribution in [3.05, 3.63) is 0 Å². The summed E-state index contributed by atoms with van der Waals surface area (Å²) in [5, 5.41) is 20.8. The molecule has 0 aromatic rings. The standard InChI is InChI=1S/C9H16N4O3/c1-2-11-8(10)13-9(15)12-7-4-3-6(5-14)16-7/h2,6-7,14H,3-5H2,1H3,(H3,10,12,13,15)/t6-,7+/m0/s1. The van der Waals surface area contributed by atoms with Gasteiger partial charge in [0.1, 0.15) is 6.23 Å². The molecule has 0 spiro atoms. The molecule has 0 aromatic carbocycles. The molecular weight excluding hydrogens is 212 g/mol. The lowest BCUT2D eigenvalue weighted by Gasteiger charge is -2.13. The first-order chi connectivity index (χ1) is 7.65. The van der Waals surface area contributed by atoms with Gasteiger partial charge < -0.3 is 15.2 Å². The number of aliphatic imine (C=N–C) groups is 1. The van der Waals surface area contributed by atoms with Crippen LogP contribution in [0.4, 0.5) is 4.79 Å². The van der Waals surface area contributed by atoms with Gasteiger partial charge in [-0.2, -0.15) is 0 Å². The molecule has 0 bridgehead atoms. The van der Waals surface area contributed by atoms with Crippen LogP contribution in [0.15, 0.2) is 4.99 Å². The zero-order valence-corrected chi connectivity index (χ0v) is 9.06. The van der Waals surface area contributed by atoms with Crippen LogP contribution in [-0.2, 0) is 4.74 Å². The van der Waals surface area contributed by atoms with Crippen LogP contribution in [0, 0.1) is 5.41 Å². The summed E-state index contributed by atoms with van der Waals surface area (Å²) >= 11 is 0. The summed E-state index contributed by atoms with van der Waals surface area (Å²) in [7, 11) is 0. The van der Waals surface area contributed by atoms with Gasteiger partial charge in [-0.3, -0.25) is 10.7 Å². The molecule has 1 fully saturated rings. The van der Waals surface area contributed by atoms with Crippen molar-refractivity contribution in [3.63, 3.8) is 0 Å². The quantitative estimate of drug-likeness (QED) is 0.388. The molecule has 0 saturated carbocycles. The molecular formula is C9H16N4O3. The molecule has 1 rings (SSSR count). The van der Waals surface area contributed by atoms with Crippen molar-refractivity contribution in [3.8, 4) is 0 Å². The van der Waals surface area contributed by atoms with E-state index in [1.807, 2.05) is 0 Å². The van der Waals surface area contributed by atoms with E-state index in [4.69, 9.17) is 15.3 Å². The summed E-state index contributed by atoms with van der Waals surface area (Å²) in [6, 6.07) is -0.529. The van der Waals surface area contributed by atoms with Gasteiger partial charge in [0, 0.05) is 6.21 Å². The highest BCUT2D eigenvalue weighted by atomic mass is 16.5. The largest absolute Gasteiger partial charge is 0.394 e. The Morgan fingerprint density at radius 1 is 1.69 bits per heavy atom. The van der Waals surface area contributed by atoms with E-state index < -0.39 is 12.3 Å². The number of guanidine groups is 1. The number of aliphatic hydroxyl groups is 1. The number of amides is 2. The van der Waals surface area contributed by atoms with E-state index in [1.165, 1.54) is 6.21 Å². The zero-order chi connectivity index (χ0) is 12.0. The molecule has 0 unspecified atom stereocenters. The van der Waals surface area contributed by atoms with Crippen molar-refractivity contribution >= 4 is 18.2 Å². The second kappa shape index (κ2) is 6.19. The Kier molecular flexibility index (Phi) is 4.87. The Morgan fingerprint density at radius 2 is 2.44 bits per heavy atom. The van der Waals surface area contributed by atoms with Crippen LogP contribution in [0.3, 0.4) is 0 Å². The predicted octanol–water partition coefficient (Wildman–Crippen LogP) is -0.192. The Labute approximate surface area is 93.4 Å². The number of aliphatic hydroxyl groups excluding tert-OH is 1. The smallest absolute Gasteiger partial charge is 0.323 e. The summed E-state index contributed by atoms with van der Waals surface area (Å²) in [4.78, 5) is 14.9. The Bertz CT molecular complexity index is 292. The third-order valence-corrected chi connectivity index (χ3v) is 2.09. The number of urea groups is 1. The van der Waals surface area contributed by atoms with Crippen LogP contribution in [0.5, 0.6) is 0 Å². The molecule has 0 aromatic heterocycles. The van der Waals surface area contributed by atoms with Gasteiger partial charge in [0.05, 0.1) is 12.7 Å². The average Bonchev–Trinajstić information content (AvgIpc) is 2.65. The monoisotopic (exact) mass is 228 g/mol. The molecule has 4 N–H and O–H groups in total. The maximum absolute atomic E-state index is 11.3. The topological polar surface area (TPSA) is 107 Å². The van der Waals surface area contributed by atoms with E-state index in [9.17, 15) is 4.79 Å². The van der Waals surface area contributed by atoms with Gasteiger partial charge in [-0.15, -0.1) is 0 Å². The predicted molar refractivity (Wildman–Crippen MR) is 58.5 cm³/mol. The van der Waals surface area contributed by atoms with E-state index >= 15 is 0 Å². The van der Waals surface area contributed by atoms with Crippen LogP contribution < -0.4 is 10.6 Å². The molecule has 0 aliphatic carbocycles. The number of hydrogen-bond donors (Lipinski definition) is 4. The van der Waals surface area contributed by atoms with Crippen LogP contribution in [-0.4, -0.2) is 42.3 Å². The maximum Gasteiger partial charge on any atom is 0.323 e. The van der Waals surface area contributed by atoms with E-state index in [0.29, 0.717) is 12.8 Å². The normalized spacial score (nSPS) is 24.6. The van der Waals surface area contributed by atoms with Gasteiger partial charge in [0.25, 0.3) is 0 Å². The molecule has 2 atom stereocenters. The Balaban J connectivity index is 2.27. The number of rotatable bonds is 2. The minimum Gasteiger partial charge on any atom is -0.394 e. The lowest BCUT2D eigenvalue weighted by atomic mass is 10.2. The summed E-state index contributed by atoms with van der Waals surface area (Å²) in [5.74, 6) is -0.225. The van der Waals surface area contributed by atoms with Crippen LogP contribution in [0.2, 0.25) is 0 Å². The van der Waals surface area contributed by atoms with E-state index in [-0.39, 0.29) is 18.7 Å². The van der Waals surface area contributed by atoms with Gasteiger partial charge in [-0.05, 0) is 19.8 Å². The lowest BCUT2D eigenvalue weighted by molar-refractivity contribution is 0.00270. The van der Waals surface area contributed by atoms with Crippen LogP contribution in [0.1, 0.15) is 19.8 Å². The number of nitrogens with one attached hydrogen (secondary N) is 3. The first kappa shape index (κ1) is 12.6. The molecule has 16 heavy (non-hydrogen) atoms. The highest BCUT2D eigenvalue weighted by Gasteiger charge is 2.25. The van der Waals surface area contributed by atoms with Crippen LogP contribution in [0.25, 0.3) is 0 Å². The van der Waals surface area contributed by atoms with Crippen molar-refractivity contribution in [2.24, 2.45) is 4.99 Å². The summed E-state index contributed by atoms with van der Waals surface area (Å²) < 4.78 is 5.29. The summed E-state index contributed by atoms with van der Waals surface area (Å²) in [6.07, 6.45) is 2.17. The van der Waals surface area contributed by atoms with Gasteiger partial charge >= 0.3 is 6.03 Å². The Hall–Kier alpha value is -1.47. The highest BCUT2D eigenvalue weighted by molar-refractivity contribution is 5.97. The fourth-order valence-corrected chi connectivity index (χ4v) is 1.40. The highest BCUT2D eigenvalue weighted by Crippen LogP contribution is 2.16. The molecule has 1 aliphatic heterocycles. The SMILES string of the molecule is CC=NC(=N)NC(=O)N[C@H]1CC[C@@H](CO)O1. The second-order valence-electron chi connectivity index (χ2n) is 3.34. The molecule has 7 heteroatoms. The minimum absolute atomic E-state index is 0.0459. The fourth-order valence-electron chi connectivity index (χ4n) is 1.40. The first-order valence-corrected chi connectivity index (χ1v) is 5.06. The van der Waals surface area contributed by atoms with Gasteiger partial charge in [-0.25, -0.2) is 9.79 Å². The van der Waals surface area contributed by atoms with Gasteiger partial charge in [0.2, 0.25) is 5.96 Å². The fraction of sp³-hybridized carbons (Fsp3) is 0.667. The van der Waals surface area contributed by atoms with Crippen molar-refractivity contribution < 1.29 is 14.6 Å². The molecule has 1 heterocycles. The van der Waals surface area contributed by atoms with Crippen molar-refractivity contribution in [2.75, 3.05) is 6.61 Å². The van der Waals surface area contributed by atoms with Crippen molar-refractivity contribution in [1.29, 1.82) is 5.41 Å². The molecule has 90 valence electrons. The number of nitrogens with zero attached hydrogens (tertiary/aromatic N) is 1. The number of ether oxygens (including phenoxy) is 1. The minimum atomic E-state index is -0.529. The van der Waals surface area contributed by atoms with Gasteiger partial charge in [0.15, 0.2) is 0 Å². The molecule has 1 saturated heterocycles. The maximum atomic E-state index is 11.3. The van der Waals surface area contributed by atoms with Crippen LogP contribution >= 0.6 is 0 Å². The number of carbonyl (C=O) groups is 1. The molecule has 1 aliphatic rings. The number of hydrogen-bond acceptors (Lipinski definition) is 4. The molecule has 0 radical (unpaired) electrons. The number of carbonyl (C=O) groups excluding carboxylic acids is 1. The molecule has 2 amide bonds. The Morgan fingerprint density at radius 3 is 3.00 bits per heavy atom. The second-order valence-corrected chi connectivity index (χ2v) is 3.34. The molecule has 7 nitrogen and oxygen atoms in total. The van der Waals surface area contributed by atoms with E-state index in [2.05, 4.69) is 15.6 Å². The van der Waals surface area contributed by atoms with Crippen molar-refractivity contribution in [2.45, 2.75) is 32.1 Å². The first-order valence-electron chi connectivity index (χ1n) is 5.06. The van der Waals surface area contributed by atoms with Crippen molar-refractivity contribution in [1.82, 2.24) is 10.6 Å². The summed E-state index contributed by atoms with van der Waals surface area (Å²) in [5.41, 5.74) is 0. The lowest BCUT2D eigenvalue weighted by Crippen LogP contribution is -2.44. The zero-order valence-electron chi connectivity index (χ0n) is 9.06. The summed E-state index contributed by atoms with van der Waals surface area (Å²) in [6.45, 7) is 1.61. The third-order valence-electron chi connectivity index (χ3n) is 2.09.